The highest BCUT2D eigenvalue weighted by molar-refractivity contribution is 6.11. The minimum atomic E-state index is -0.968. The molecule has 1 fully saturated rings. The number of benzene rings is 2. The van der Waals surface area contributed by atoms with Crippen LogP contribution in [0.1, 0.15) is 34.8 Å². The van der Waals surface area contributed by atoms with Crippen molar-refractivity contribution in [1.29, 1.82) is 0 Å². The van der Waals surface area contributed by atoms with E-state index >= 15 is 0 Å². The monoisotopic (exact) mass is 327 g/mol. The van der Waals surface area contributed by atoms with Gasteiger partial charge in [0.1, 0.15) is 5.82 Å². The van der Waals surface area contributed by atoms with E-state index in [1.807, 2.05) is 13.0 Å². The van der Waals surface area contributed by atoms with Crippen LogP contribution in [0.4, 0.5) is 4.39 Å². The summed E-state index contributed by atoms with van der Waals surface area (Å²) in [7, 11) is 0. The average molecular weight is 327 g/mol. The molecule has 5 heteroatoms. The summed E-state index contributed by atoms with van der Waals surface area (Å²) in [4.78, 5) is 11.5. The molecule has 124 valence electrons. The third-order valence-electron chi connectivity index (χ3n) is 4.88. The van der Waals surface area contributed by atoms with E-state index in [2.05, 4.69) is 4.57 Å². The minimum Gasteiger partial charge on any atom is -0.478 e. The maximum Gasteiger partial charge on any atom is 0.335 e. The summed E-state index contributed by atoms with van der Waals surface area (Å²) in [5.41, 5.74) is 2.63. The van der Waals surface area contributed by atoms with Gasteiger partial charge < -0.3 is 14.4 Å². The number of carboxylic acids is 1. The van der Waals surface area contributed by atoms with Gasteiger partial charge in [-0.2, -0.15) is 0 Å². The first-order valence-electron chi connectivity index (χ1n) is 8.11. The maximum atomic E-state index is 14.6. The van der Waals surface area contributed by atoms with Crippen LogP contribution in [0.15, 0.2) is 30.3 Å². The molecular formula is C19H18FNO3. The molecule has 0 saturated carbocycles. The number of nitrogens with zero attached hydrogens (tertiary/aromatic N) is 1. The first-order chi connectivity index (χ1) is 11.6. The van der Waals surface area contributed by atoms with Crippen molar-refractivity contribution in [3.05, 3.63) is 47.3 Å². The Morgan fingerprint density at radius 3 is 2.67 bits per heavy atom. The maximum absolute atomic E-state index is 14.6. The van der Waals surface area contributed by atoms with Crippen molar-refractivity contribution in [2.45, 2.75) is 25.8 Å². The first-order valence-corrected chi connectivity index (χ1v) is 8.11. The highest BCUT2D eigenvalue weighted by atomic mass is 19.1. The molecule has 0 radical (unpaired) electrons. The minimum absolute atomic E-state index is 0.184. The van der Waals surface area contributed by atoms with Crippen molar-refractivity contribution in [3.63, 3.8) is 0 Å². The van der Waals surface area contributed by atoms with E-state index in [4.69, 9.17) is 4.74 Å². The SMILES string of the molecule is Cc1cc(C(=O)O)cc2c1c1c(F)cccc1n2C1CCOCC1. The Morgan fingerprint density at radius 2 is 1.96 bits per heavy atom. The lowest BCUT2D eigenvalue weighted by Gasteiger charge is -2.25. The summed E-state index contributed by atoms with van der Waals surface area (Å²) in [6.07, 6.45) is 1.68. The Balaban J connectivity index is 2.13. The number of aromatic nitrogens is 1. The fourth-order valence-corrected chi connectivity index (χ4v) is 3.83. The molecule has 24 heavy (non-hydrogen) atoms. The van der Waals surface area contributed by atoms with E-state index < -0.39 is 5.97 Å². The molecule has 2 heterocycles. The van der Waals surface area contributed by atoms with E-state index in [9.17, 15) is 14.3 Å². The van der Waals surface area contributed by atoms with Crippen molar-refractivity contribution in [3.8, 4) is 0 Å². The van der Waals surface area contributed by atoms with E-state index in [1.54, 1.807) is 18.2 Å². The Morgan fingerprint density at radius 1 is 1.21 bits per heavy atom. The van der Waals surface area contributed by atoms with Crippen molar-refractivity contribution in [2.75, 3.05) is 13.2 Å². The molecule has 3 aromatic rings. The molecule has 2 aromatic carbocycles. The zero-order valence-corrected chi connectivity index (χ0v) is 13.4. The lowest BCUT2D eigenvalue weighted by molar-refractivity contribution is 0.0694. The highest BCUT2D eigenvalue weighted by Gasteiger charge is 2.24. The Labute approximate surface area is 138 Å². The predicted molar refractivity (Wildman–Crippen MR) is 90.2 cm³/mol. The first kappa shape index (κ1) is 15.1. The van der Waals surface area contributed by atoms with Gasteiger partial charge >= 0.3 is 5.97 Å². The molecule has 0 spiro atoms. The van der Waals surface area contributed by atoms with Crippen LogP contribution in [0.2, 0.25) is 0 Å². The van der Waals surface area contributed by atoms with Crippen molar-refractivity contribution >= 4 is 27.8 Å². The Kier molecular flexibility index (Phi) is 3.53. The number of carboxylic acid groups (broad SMARTS) is 1. The van der Waals surface area contributed by atoms with Gasteiger partial charge in [0, 0.05) is 30.0 Å². The molecule has 1 aliphatic heterocycles. The van der Waals surface area contributed by atoms with Gasteiger partial charge in [-0.3, -0.25) is 0 Å². The molecule has 0 bridgehead atoms. The number of fused-ring (bicyclic) bond motifs is 3. The van der Waals surface area contributed by atoms with E-state index in [0.717, 1.165) is 34.8 Å². The summed E-state index contributed by atoms with van der Waals surface area (Å²) in [6, 6.07) is 8.54. The lowest BCUT2D eigenvalue weighted by Crippen LogP contribution is -2.19. The number of hydrogen-bond acceptors (Lipinski definition) is 2. The normalized spacial score (nSPS) is 16.1. The van der Waals surface area contributed by atoms with Crippen LogP contribution in [0, 0.1) is 12.7 Å². The number of aryl methyl sites for hydroxylation is 1. The molecule has 4 rings (SSSR count). The second-order valence-corrected chi connectivity index (χ2v) is 6.34. The van der Waals surface area contributed by atoms with Gasteiger partial charge in [0.25, 0.3) is 0 Å². The van der Waals surface area contributed by atoms with Crippen LogP contribution < -0.4 is 0 Å². The van der Waals surface area contributed by atoms with E-state index in [1.165, 1.54) is 6.07 Å². The van der Waals surface area contributed by atoms with Crippen LogP contribution in [0.3, 0.4) is 0 Å². The summed E-state index contributed by atoms with van der Waals surface area (Å²) in [6.45, 7) is 3.17. The number of aromatic carboxylic acids is 1. The van der Waals surface area contributed by atoms with Crippen LogP contribution in [-0.2, 0) is 4.74 Å². The molecule has 0 aliphatic carbocycles. The van der Waals surface area contributed by atoms with Gasteiger partial charge in [0.15, 0.2) is 0 Å². The average Bonchev–Trinajstić information content (AvgIpc) is 2.91. The highest BCUT2D eigenvalue weighted by Crippen LogP contribution is 2.38. The molecule has 0 amide bonds. The summed E-state index contributed by atoms with van der Waals surface area (Å²) in [5.74, 6) is -1.24. The molecule has 0 atom stereocenters. The smallest absolute Gasteiger partial charge is 0.335 e. The van der Waals surface area contributed by atoms with Crippen molar-refractivity contribution in [2.24, 2.45) is 0 Å². The number of hydrogen-bond donors (Lipinski definition) is 1. The zero-order chi connectivity index (χ0) is 16.8. The molecular weight excluding hydrogens is 309 g/mol. The van der Waals surface area contributed by atoms with Crippen LogP contribution in [0.25, 0.3) is 21.8 Å². The third-order valence-corrected chi connectivity index (χ3v) is 4.88. The van der Waals surface area contributed by atoms with Gasteiger partial charge in [0.2, 0.25) is 0 Å². The van der Waals surface area contributed by atoms with Crippen LogP contribution in [-0.4, -0.2) is 28.9 Å². The molecule has 1 saturated heterocycles. The molecule has 1 aliphatic rings. The molecule has 4 nitrogen and oxygen atoms in total. The largest absolute Gasteiger partial charge is 0.478 e. The molecule has 0 unspecified atom stereocenters. The van der Waals surface area contributed by atoms with Crippen LogP contribution >= 0.6 is 0 Å². The van der Waals surface area contributed by atoms with Crippen molar-refractivity contribution < 1.29 is 19.0 Å². The summed E-state index contributed by atoms with van der Waals surface area (Å²) in [5, 5.41) is 10.8. The van der Waals surface area contributed by atoms with E-state index in [0.29, 0.717) is 18.6 Å². The van der Waals surface area contributed by atoms with Crippen molar-refractivity contribution in [1.82, 2.24) is 4.57 Å². The van der Waals surface area contributed by atoms with Gasteiger partial charge in [0.05, 0.1) is 16.6 Å². The topological polar surface area (TPSA) is 51.5 Å². The summed E-state index contributed by atoms with van der Waals surface area (Å²) >= 11 is 0. The van der Waals surface area contributed by atoms with Gasteiger partial charge in [-0.25, -0.2) is 9.18 Å². The second kappa shape index (κ2) is 5.60. The fourth-order valence-electron chi connectivity index (χ4n) is 3.83. The zero-order valence-electron chi connectivity index (χ0n) is 13.4. The Bertz CT molecular complexity index is 954. The molecule has 1 aromatic heterocycles. The Hall–Kier alpha value is -2.40. The quantitative estimate of drug-likeness (QED) is 0.764. The number of ether oxygens (including phenoxy) is 1. The van der Waals surface area contributed by atoms with Gasteiger partial charge in [-0.1, -0.05) is 6.07 Å². The lowest BCUT2D eigenvalue weighted by atomic mass is 10.0. The standard InChI is InChI=1S/C19H18FNO3/c1-11-9-12(19(22)23)10-16-17(11)18-14(20)3-2-4-15(18)21(16)13-5-7-24-8-6-13/h2-4,9-10,13H,5-8H2,1H3,(H,22,23). The number of carbonyl (C=O) groups is 1. The van der Waals surface area contributed by atoms with Gasteiger partial charge in [-0.15, -0.1) is 0 Å². The van der Waals surface area contributed by atoms with E-state index in [-0.39, 0.29) is 17.4 Å². The van der Waals surface area contributed by atoms with Crippen LogP contribution in [0.5, 0.6) is 0 Å². The number of halogens is 1. The third kappa shape index (κ3) is 2.19. The predicted octanol–water partition coefficient (Wildman–Crippen LogP) is 4.29. The van der Waals surface area contributed by atoms with Gasteiger partial charge in [-0.05, 0) is 49.6 Å². The summed E-state index contributed by atoms with van der Waals surface area (Å²) < 4.78 is 22.1. The fraction of sp³-hybridized carbons (Fsp3) is 0.316. The number of rotatable bonds is 2. The molecule has 1 N–H and O–H groups in total. The second-order valence-electron chi connectivity index (χ2n) is 6.34.